The first kappa shape index (κ1) is 17.4. The molecule has 0 fully saturated rings. The van der Waals surface area contributed by atoms with Crippen LogP contribution < -0.4 is 10.6 Å². The zero-order valence-corrected chi connectivity index (χ0v) is 15.2. The molecule has 3 N–H and O–H groups in total. The van der Waals surface area contributed by atoms with Gasteiger partial charge in [-0.2, -0.15) is 5.10 Å². The summed E-state index contributed by atoms with van der Waals surface area (Å²) in [5.74, 6) is 0.101. The van der Waals surface area contributed by atoms with Gasteiger partial charge in [-0.15, -0.1) is 10.2 Å². The number of para-hydroxylation sites is 1. The molecule has 0 spiro atoms. The van der Waals surface area contributed by atoms with Crippen LogP contribution in [0.5, 0.6) is 0 Å². The number of aromatic amines is 1. The lowest BCUT2D eigenvalue weighted by atomic mass is 10.2. The van der Waals surface area contributed by atoms with E-state index in [1.54, 1.807) is 24.8 Å². The van der Waals surface area contributed by atoms with E-state index in [9.17, 15) is 9.59 Å². The Balaban J connectivity index is 1.63. The van der Waals surface area contributed by atoms with Gasteiger partial charge in [0.25, 0.3) is 5.91 Å². The number of nitrogens with one attached hydrogen (secondary N) is 3. The van der Waals surface area contributed by atoms with Crippen molar-refractivity contribution >= 4 is 50.9 Å². The molecule has 1 aromatic carbocycles. The summed E-state index contributed by atoms with van der Waals surface area (Å²) in [7, 11) is 0. The maximum Gasteiger partial charge on any atom is 0.273 e. The largest absolute Gasteiger partial charge is 0.339 e. The Hall–Kier alpha value is -2.46. The second-order valence-corrected chi connectivity index (χ2v) is 7.60. The average Bonchev–Trinajstić information content (AvgIpc) is 3.21. The molecule has 0 saturated heterocycles. The lowest BCUT2D eigenvalue weighted by Gasteiger charge is -2.11. The van der Waals surface area contributed by atoms with Gasteiger partial charge < -0.3 is 5.32 Å². The first-order valence-corrected chi connectivity index (χ1v) is 9.39. The van der Waals surface area contributed by atoms with Gasteiger partial charge in [-0.1, -0.05) is 48.2 Å². The van der Waals surface area contributed by atoms with E-state index in [-0.39, 0.29) is 11.6 Å². The van der Waals surface area contributed by atoms with Gasteiger partial charge in [-0.25, -0.2) is 0 Å². The monoisotopic (exact) mass is 376 g/mol. The zero-order chi connectivity index (χ0) is 17.8. The lowest BCUT2D eigenvalue weighted by molar-refractivity contribution is -0.117. The fourth-order valence-electron chi connectivity index (χ4n) is 2.12. The van der Waals surface area contributed by atoms with Gasteiger partial charge in [0.2, 0.25) is 11.0 Å². The van der Waals surface area contributed by atoms with Gasteiger partial charge in [-0.05, 0) is 18.7 Å². The van der Waals surface area contributed by atoms with Crippen molar-refractivity contribution in [3.63, 3.8) is 0 Å². The van der Waals surface area contributed by atoms with E-state index >= 15 is 0 Å². The number of benzene rings is 1. The molecule has 0 radical (unpaired) electrons. The van der Waals surface area contributed by atoms with E-state index in [0.717, 1.165) is 15.6 Å². The van der Waals surface area contributed by atoms with Crippen molar-refractivity contribution in [2.75, 3.05) is 11.1 Å². The minimum absolute atomic E-state index is 0.257. The van der Waals surface area contributed by atoms with Crippen molar-refractivity contribution in [2.45, 2.75) is 24.2 Å². The van der Waals surface area contributed by atoms with E-state index < -0.39 is 11.9 Å². The first-order chi connectivity index (χ1) is 12.1. The van der Waals surface area contributed by atoms with Crippen LogP contribution in [0.3, 0.4) is 0 Å². The molecule has 3 aromatic rings. The lowest BCUT2D eigenvalue weighted by Crippen LogP contribution is -2.41. The van der Waals surface area contributed by atoms with Gasteiger partial charge in [-0.3, -0.25) is 20.0 Å². The summed E-state index contributed by atoms with van der Waals surface area (Å²) in [5.41, 5.74) is 1.02. The van der Waals surface area contributed by atoms with Crippen LogP contribution in [-0.4, -0.2) is 44.0 Å². The number of aromatic nitrogens is 4. The molecule has 0 aliphatic heterocycles. The minimum atomic E-state index is -0.742. The standard InChI is InChI=1S/C15H16N6O2S2/c1-3-24-15-21-20-14(25-15)17-12(22)8(2)16-13(23)11-9-6-4-5-7-10(9)18-19-11/h4-8H,3H2,1-2H3,(H,16,23)(H,18,19)(H,17,20,22). The number of rotatable bonds is 6. The predicted octanol–water partition coefficient (Wildman–Crippen LogP) is 2.28. The number of H-pyrrole nitrogens is 1. The van der Waals surface area contributed by atoms with Gasteiger partial charge in [0.15, 0.2) is 10.0 Å². The molecule has 3 rings (SSSR count). The van der Waals surface area contributed by atoms with Crippen LogP contribution in [0, 0.1) is 0 Å². The minimum Gasteiger partial charge on any atom is -0.339 e. The number of amides is 2. The van der Waals surface area contributed by atoms with Crippen LogP contribution >= 0.6 is 23.1 Å². The number of thioether (sulfide) groups is 1. The van der Waals surface area contributed by atoms with Gasteiger partial charge in [0.1, 0.15) is 6.04 Å². The van der Waals surface area contributed by atoms with E-state index in [2.05, 4.69) is 31.0 Å². The quantitative estimate of drug-likeness (QED) is 0.449. The highest BCUT2D eigenvalue weighted by atomic mass is 32.2. The molecule has 0 saturated carbocycles. The molecular weight excluding hydrogens is 360 g/mol. The number of fused-ring (bicyclic) bond motifs is 1. The predicted molar refractivity (Wildman–Crippen MR) is 98.0 cm³/mol. The topological polar surface area (TPSA) is 113 Å². The van der Waals surface area contributed by atoms with Gasteiger partial charge in [0, 0.05) is 5.39 Å². The molecule has 0 aliphatic carbocycles. The Morgan fingerprint density at radius 2 is 2.12 bits per heavy atom. The van der Waals surface area contributed by atoms with E-state index in [1.165, 1.54) is 11.3 Å². The second-order valence-electron chi connectivity index (χ2n) is 5.11. The summed E-state index contributed by atoms with van der Waals surface area (Å²) in [6.07, 6.45) is 0. The Morgan fingerprint density at radius 3 is 2.92 bits per heavy atom. The molecule has 2 amide bonds. The second kappa shape index (κ2) is 7.62. The summed E-state index contributed by atoms with van der Waals surface area (Å²) in [5, 5.41) is 21.1. The van der Waals surface area contributed by atoms with Crippen molar-refractivity contribution in [2.24, 2.45) is 0 Å². The van der Waals surface area contributed by atoms with E-state index in [0.29, 0.717) is 10.5 Å². The zero-order valence-electron chi connectivity index (χ0n) is 13.6. The van der Waals surface area contributed by atoms with Crippen LogP contribution in [0.1, 0.15) is 24.3 Å². The third-order valence-corrected chi connectivity index (χ3v) is 5.18. The van der Waals surface area contributed by atoms with Gasteiger partial charge in [0.05, 0.1) is 5.52 Å². The highest BCUT2D eigenvalue weighted by Gasteiger charge is 2.21. The molecule has 10 heteroatoms. The molecule has 130 valence electrons. The molecule has 2 aromatic heterocycles. The van der Waals surface area contributed by atoms with E-state index in [4.69, 9.17) is 0 Å². The smallest absolute Gasteiger partial charge is 0.273 e. The Bertz CT molecular complexity index is 906. The third-order valence-electron chi connectivity index (χ3n) is 3.33. The molecule has 8 nitrogen and oxygen atoms in total. The fourth-order valence-corrected chi connectivity index (χ4v) is 3.77. The highest BCUT2D eigenvalue weighted by Crippen LogP contribution is 2.25. The third kappa shape index (κ3) is 3.97. The summed E-state index contributed by atoms with van der Waals surface area (Å²) in [6.45, 7) is 3.62. The fraction of sp³-hybridized carbons (Fsp3) is 0.267. The van der Waals surface area contributed by atoms with Crippen LogP contribution in [0.15, 0.2) is 28.6 Å². The molecule has 25 heavy (non-hydrogen) atoms. The van der Waals surface area contributed by atoms with Crippen molar-refractivity contribution in [1.29, 1.82) is 0 Å². The van der Waals surface area contributed by atoms with E-state index in [1.807, 2.05) is 25.1 Å². The number of carbonyl (C=O) groups is 2. The van der Waals surface area contributed by atoms with Crippen LogP contribution in [-0.2, 0) is 4.79 Å². The van der Waals surface area contributed by atoms with Crippen LogP contribution in [0.2, 0.25) is 0 Å². The summed E-state index contributed by atoms with van der Waals surface area (Å²) in [6, 6.07) is 6.56. The number of anilines is 1. The molecular formula is C15H16N6O2S2. The Morgan fingerprint density at radius 1 is 1.32 bits per heavy atom. The van der Waals surface area contributed by atoms with Crippen molar-refractivity contribution < 1.29 is 9.59 Å². The van der Waals surface area contributed by atoms with Crippen LogP contribution in [0.25, 0.3) is 10.9 Å². The normalized spacial score (nSPS) is 12.1. The summed E-state index contributed by atoms with van der Waals surface area (Å²) in [4.78, 5) is 24.6. The highest BCUT2D eigenvalue weighted by molar-refractivity contribution is 8.01. The van der Waals surface area contributed by atoms with Crippen molar-refractivity contribution in [1.82, 2.24) is 25.7 Å². The van der Waals surface area contributed by atoms with Crippen molar-refractivity contribution in [3.05, 3.63) is 30.0 Å². The molecule has 0 bridgehead atoms. The summed E-state index contributed by atoms with van der Waals surface area (Å²) < 4.78 is 0.789. The number of hydrogen-bond acceptors (Lipinski definition) is 7. The Kier molecular flexibility index (Phi) is 5.29. The van der Waals surface area contributed by atoms with Crippen molar-refractivity contribution in [3.8, 4) is 0 Å². The number of hydrogen-bond donors (Lipinski definition) is 3. The maximum absolute atomic E-state index is 12.4. The first-order valence-electron chi connectivity index (χ1n) is 7.59. The molecule has 1 unspecified atom stereocenters. The number of nitrogens with zero attached hydrogens (tertiary/aromatic N) is 3. The van der Waals surface area contributed by atoms with Gasteiger partial charge >= 0.3 is 0 Å². The number of carbonyl (C=O) groups excluding carboxylic acids is 2. The maximum atomic E-state index is 12.4. The Labute approximate surface area is 151 Å². The molecule has 2 heterocycles. The average molecular weight is 376 g/mol. The molecule has 0 aliphatic rings. The SMILES string of the molecule is CCSc1nnc(NC(=O)C(C)NC(=O)c2n[nH]c3ccccc23)s1. The summed E-state index contributed by atoms with van der Waals surface area (Å²) >= 11 is 2.85. The van der Waals surface area contributed by atoms with Crippen LogP contribution in [0.4, 0.5) is 5.13 Å². The molecule has 1 atom stereocenters.